The molecule has 4 aliphatic rings. The molecule has 3 aromatic rings. The van der Waals surface area contributed by atoms with Gasteiger partial charge in [-0.25, -0.2) is 9.78 Å². The Morgan fingerprint density at radius 3 is 2.09 bits per heavy atom. The number of fused-ring (bicyclic) bond motifs is 3. The van der Waals surface area contributed by atoms with E-state index < -0.39 is 77.2 Å². The number of nitrogens with one attached hydrogen (secondary N) is 5. The summed E-state index contributed by atoms with van der Waals surface area (Å²) >= 11 is 0. The number of ether oxygens (including phenoxy) is 1. The van der Waals surface area contributed by atoms with Crippen molar-refractivity contribution in [1.82, 2.24) is 41.5 Å². The predicted octanol–water partition coefficient (Wildman–Crippen LogP) is 3.98. The molecule has 3 fully saturated rings. The van der Waals surface area contributed by atoms with Gasteiger partial charge < -0.3 is 41.3 Å². The molecule has 2 heterocycles. The molecule has 6 atom stereocenters. The molecule has 3 aliphatic carbocycles. The van der Waals surface area contributed by atoms with Gasteiger partial charge >= 0.3 is 6.09 Å². The van der Waals surface area contributed by atoms with E-state index >= 15 is 0 Å². The third-order valence-electron chi connectivity index (χ3n) is 13.0. The molecule has 1 saturated heterocycles. The molecule has 64 heavy (non-hydrogen) atoms. The maximum Gasteiger partial charge on any atom is 0.409 e. The van der Waals surface area contributed by atoms with Crippen molar-refractivity contribution in [2.45, 2.75) is 128 Å². The minimum atomic E-state index is -1.51. The van der Waals surface area contributed by atoms with Gasteiger partial charge in [0.2, 0.25) is 17.7 Å². The zero-order chi connectivity index (χ0) is 45.5. The number of aromatic nitrogens is 2. The van der Waals surface area contributed by atoms with Gasteiger partial charge in [0, 0.05) is 37.4 Å². The van der Waals surface area contributed by atoms with Gasteiger partial charge in [0.1, 0.15) is 24.4 Å². The Hall–Kier alpha value is -5.90. The molecule has 16 heteroatoms. The second-order valence-corrected chi connectivity index (χ2v) is 18.8. The van der Waals surface area contributed by atoms with Crippen molar-refractivity contribution in [2.75, 3.05) is 19.7 Å². The van der Waals surface area contributed by atoms with Crippen LogP contribution in [0.25, 0.3) is 11.1 Å². The number of carbonyl (C=O) groups is 6. The maximum atomic E-state index is 14.5. The zero-order valence-corrected chi connectivity index (χ0v) is 37.2. The fourth-order valence-electron chi connectivity index (χ4n) is 9.33. The van der Waals surface area contributed by atoms with Gasteiger partial charge in [-0.05, 0) is 65.7 Å². The highest BCUT2D eigenvalue weighted by Crippen LogP contribution is 2.44. The second-order valence-electron chi connectivity index (χ2n) is 18.8. The van der Waals surface area contributed by atoms with E-state index in [1.807, 2.05) is 55.5 Å². The number of aliphatic hydroxyl groups excluding tert-OH is 1. The Morgan fingerprint density at radius 1 is 0.812 bits per heavy atom. The molecule has 0 radical (unpaired) electrons. The fraction of sp³-hybridized carbons (Fsp3) is 0.542. The van der Waals surface area contributed by atoms with Crippen LogP contribution in [0.4, 0.5) is 4.79 Å². The second kappa shape index (κ2) is 20.3. The number of nitrogens with zero attached hydrogens (tertiary/aromatic N) is 3. The van der Waals surface area contributed by atoms with Crippen molar-refractivity contribution in [3.05, 3.63) is 83.9 Å². The molecule has 1 aromatic heterocycles. The van der Waals surface area contributed by atoms with Crippen LogP contribution in [-0.4, -0.2) is 112 Å². The normalized spacial score (nSPS) is 20.4. The van der Waals surface area contributed by atoms with Crippen molar-refractivity contribution in [2.24, 2.45) is 17.3 Å². The molecule has 342 valence electrons. The van der Waals surface area contributed by atoms with Gasteiger partial charge in [0.15, 0.2) is 6.10 Å². The van der Waals surface area contributed by atoms with E-state index in [2.05, 4.69) is 36.6 Å². The highest BCUT2D eigenvalue weighted by atomic mass is 16.6. The van der Waals surface area contributed by atoms with Crippen LogP contribution >= 0.6 is 0 Å². The lowest BCUT2D eigenvalue weighted by Crippen LogP contribution is -2.61. The van der Waals surface area contributed by atoms with E-state index in [4.69, 9.17) is 4.74 Å². The van der Waals surface area contributed by atoms with E-state index in [0.717, 1.165) is 54.4 Å². The number of likely N-dealkylation sites (tertiary alicyclic amines) is 1. The van der Waals surface area contributed by atoms with Gasteiger partial charge in [-0.1, -0.05) is 102 Å². The lowest BCUT2D eigenvalue weighted by atomic mass is 9.82. The Morgan fingerprint density at radius 2 is 1.48 bits per heavy atom. The van der Waals surface area contributed by atoms with Crippen molar-refractivity contribution < 1.29 is 38.6 Å². The van der Waals surface area contributed by atoms with Gasteiger partial charge in [-0.3, -0.25) is 29.0 Å². The topological polar surface area (TPSA) is 221 Å². The Labute approximate surface area is 374 Å². The summed E-state index contributed by atoms with van der Waals surface area (Å²) in [6.07, 6.45) is 8.75. The largest absolute Gasteiger partial charge is 0.448 e. The predicted molar refractivity (Wildman–Crippen MR) is 237 cm³/mol. The number of hydrogen-bond donors (Lipinski definition) is 6. The van der Waals surface area contributed by atoms with E-state index in [9.17, 15) is 33.9 Å². The van der Waals surface area contributed by atoms with E-state index in [0.29, 0.717) is 25.7 Å². The fourth-order valence-corrected chi connectivity index (χ4v) is 9.33. The molecule has 1 unspecified atom stereocenters. The van der Waals surface area contributed by atoms with Gasteiger partial charge in [-0.15, -0.1) is 0 Å². The maximum absolute atomic E-state index is 14.5. The first-order valence-corrected chi connectivity index (χ1v) is 22.8. The minimum Gasteiger partial charge on any atom is -0.448 e. The van der Waals surface area contributed by atoms with Crippen LogP contribution in [0.1, 0.15) is 113 Å². The lowest BCUT2D eigenvalue weighted by molar-refractivity contribution is -0.135. The first-order valence-electron chi connectivity index (χ1n) is 22.8. The number of hydrogen-bond acceptors (Lipinski definition) is 10. The standard InChI is InChI=1S/C48H62N8O8/c1-5-13-36(40(57)45(61)51-29-20-21-29)52-42(58)34-25-56(47(63)64-27-35-32-18-11-9-16-30(32)31-17-10-12-19-33(31)35)26-38(34)53-46(62)41(48(2,3)4)55-44(60)39(28-14-7-6-8-15-28)54-43(59)37-24-49-22-23-50-37/h9-12,16-19,22-24,28-29,34-36,38-41,57H,5-8,13-15,20-21,25-27H2,1-4H3,(H,51,61)(H,52,58)(H,53,62)(H,54,59)(H,55,60)/t34-,36+,38+,39+,40?,41-/m1/s1. The van der Waals surface area contributed by atoms with Gasteiger partial charge in [-0.2, -0.15) is 0 Å². The third kappa shape index (κ3) is 10.9. The Bertz CT molecular complexity index is 2130. The summed E-state index contributed by atoms with van der Waals surface area (Å²) < 4.78 is 5.99. The van der Waals surface area contributed by atoms with Gasteiger partial charge in [0.05, 0.1) is 24.2 Å². The summed E-state index contributed by atoms with van der Waals surface area (Å²) in [5, 5.41) is 25.6. The first kappa shape index (κ1) is 46.1. The van der Waals surface area contributed by atoms with Crippen LogP contribution in [0.3, 0.4) is 0 Å². The quantitative estimate of drug-likeness (QED) is 0.122. The molecule has 16 nitrogen and oxygen atoms in total. The van der Waals surface area contributed by atoms with Crippen molar-refractivity contribution in [3.8, 4) is 11.1 Å². The van der Waals surface area contributed by atoms with Crippen molar-refractivity contribution in [1.29, 1.82) is 0 Å². The summed E-state index contributed by atoms with van der Waals surface area (Å²) in [6, 6.07) is 12.0. The van der Waals surface area contributed by atoms with Crippen LogP contribution < -0.4 is 26.6 Å². The third-order valence-corrected chi connectivity index (χ3v) is 13.0. The van der Waals surface area contributed by atoms with Crippen LogP contribution in [-0.2, 0) is 23.9 Å². The average Bonchev–Trinajstić information content (AvgIpc) is 3.92. The monoisotopic (exact) mass is 878 g/mol. The van der Waals surface area contributed by atoms with Crippen LogP contribution in [0, 0.1) is 17.3 Å². The number of rotatable bonds is 16. The van der Waals surface area contributed by atoms with Crippen molar-refractivity contribution >= 4 is 35.6 Å². The summed E-state index contributed by atoms with van der Waals surface area (Å²) in [5.41, 5.74) is 3.45. The molecular formula is C48H62N8O8. The molecular weight excluding hydrogens is 817 g/mol. The Kier molecular flexibility index (Phi) is 14.6. The first-order chi connectivity index (χ1) is 30.7. The number of aliphatic hydroxyl groups is 1. The molecule has 2 saturated carbocycles. The van der Waals surface area contributed by atoms with Crippen molar-refractivity contribution in [3.63, 3.8) is 0 Å². The number of benzene rings is 2. The van der Waals surface area contributed by atoms with Crippen LogP contribution in [0.2, 0.25) is 0 Å². The molecule has 2 aromatic carbocycles. The van der Waals surface area contributed by atoms with E-state index in [1.54, 1.807) is 20.8 Å². The molecule has 0 spiro atoms. The molecule has 6 amide bonds. The summed E-state index contributed by atoms with van der Waals surface area (Å²) in [4.78, 5) is 92.9. The molecule has 1 aliphatic heterocycles. The van der Waals surface area contributed by atoms with Crippen LogP contribution in [0.5, 0.6) is 0 Å². The molecule has 7 rings (SSSR count). The number of amides is 6. The zero-order valence-electron chi connectivity index (χ0n) is 37.2. The summed E-state index contributed by atoms with van der Waals surface area (Å²) in [5.74, 6) is -4.19. The smallest absolute Gasteiger partial charge is 0.409 e. The van der Waals surface area contributed by atoms with E-state index in [1.165, 1.54) is 23.5 Å². The lowest BCUT2D eigenvalue weighted by Gasteiger charge is -2.35. The van der Waals surface area contributed by atoms with E-state index in [-0.39, 0.29) is 43.3 Å². The SMILES string of the molecule is CCC[C@H](NC(=O)[C@@H]1CN(C(=O)OCC2c3ccccc3-c3ccccc32)C[C@@H]1NC(=O)[C@@H](NC(=O)[C@@H](NC(=O)c1cnccn1)C1CCCCC1)C(C)(C)C)C(O)C(=O)NC1CC1. The summed E-state index contributed by atoms with van der Waals surface area (Å²) in [6.45, 7) is 7.12. The highest BCUT2D eigenvalue weighted by molar-refractivity contribution is 5.97. The Balaban J connectivity index is 1.09. The molecule has 6 N–H and O–H groups in total. The minimum absolute atomic E-state index is 0.00366. The van der Waals surface area contributed by atoms with Gasteiger partial charge in [0.25, 0.3) is 11.8 Å². The average molecular weight is 879 g/mol. The highest BCUT2D eigenvalue weighted by Gasteiger charge is 2.45. The molecule has 0 bridgehead atoms. The number of carbonyl (C=O) groups excluding carboxylic acids is 6. The summed E-state index contributed by atoms with van der Waals surface area (Å²) in [7, 11) is 0. The van der Waals surface area contributed by atoms with Crippen LogP contribution in [0.15, 0.2) is 67.1 Å².